The molecule has 1 fully saturated rings. The Bertz CT molecular complexity index is 1390. The van der Waals surface area contributed by atoms with Crippen molar-refractivity contribution in [1.82, 2.24) is 9.97 Å². The van der Waals surface area contributed by atoms with Crippen LogP contribution in [-0.4, -0.2) is 46.2 Å². The van der Waals surface area contributed by atoms with E-state index in [-0.39, 0.29) is 30.2 Å². The Hall–Kier alpha value is -4.19. The van der Waals surface area contributed by atoms with E-state index in [1.54, 1.807) is 30.6 Å². The standard InChI is InChI=1S/C27H24N4O4/c1-28-24-13-19(35-18-5-3-2-4-6-18)9-10-21(24)26(33)22-14-30-27-25(22)23(11-12-29-27)31-17-7-8-20(15-32)34-16-17/h2-6,9-14,17,20,32H,7-8,15-16H2,(H2,29,30,31)/t17-,20+/m1/s1. The highest BCUT2D eigenvalue weighted by Gasteiger charge is 2.24. The first-order valence-corrected chi connectivity index (χ1v) is 11.4. The molecule has 8 nitrogen and oxygen atoms in total. The summed E-state index contributed by atoms with van der Waals surface area (Å²) in [6, 6.07) is 16.1. The molecule has 8 heteroatoms. The number of aliphatic hydroxyl groups excluding tert-OH is 1. The third-order valence-corrected chi connectivity index (χ3v) is 6.06. The van der Waals surface area contributed by atoms with E-state index in [9.17, 15) is 9.90 Å². The Morgan fingerprint density at radius 2 is 2.03 bits per heavy atom. The lowest BCUT2D eigenvalue weighted by atomic mass is 10.00. The van der Waals surface area contributed by atoms with Gasteiger partial charge in [-0.2, -0.15) is 0 Å². The molecule has 3 N–H and O–H groups in total. The Kier molecular flexibility index (Phi) is 6.44. The number of hydrogen-bond donors (Lipinski definition) is 3. The average Bonchev–Trinajstić information content (AvgIpc) is 3.34. The first-order valence-electron chi connectivity index (χ1n) is 11.4. The van der Waals surface area contributed by atoms with Gasteiger partial charge in [0.05, 0.1) is 36.8 Å². The first kappa shape index (κ1) is 22.6. The molecule has 0 amide bonds. The number of para-hydroxylation sites is 1. The van der Waals surface area contributed by atoms with E-state index in [1.165, 1.54) is 0 Å². The van der Waals surface area contributed by atoms with Gasteiger partial charge in [-0.15, -0.1) is 0 Å². The molecule has 3 heterocycles. The molecule has 1 saturated heterocycles. The molecule has 4 aromatic rings. The van der Waals surface area contributed by atoms with Gasteiger partial charge in [0, 0.05) is 29.7 Å². The molecule has 1 aliphatic heterocycles. The number of pyridine rings is 1. The van der Waals surface area contributed by atoms with Crippen molar-refractivity contribution in [2.75, 3.05) is 18.5 Å². The third kappa shape index (κ3) is 4.73. The molecule has 0 aliphatic carbocycles. The number of ketones is 1. The number of carbonyl (C=O) groups excluding carboxylic acids is 1. The number of H-pyrrole nitrogens is 1. The highest BCUT2D eigenvalue weighted by molar-refractivity contribution is 6.20. The summed E-state index contributed by atoms with van der Waals surface area (Å²) < 4.78 is 11.5. The summed E-state index contributed by atoms with van der Waals surface area (Å²) in [7, 11) is 0. The Morgan fingerprint density at radius 3 is 2.77 bits per heavy atom. The summed E-state index contributed by atoms with van der Waals surface area (Å²) in [5.41, 5.74) is 2.29. The van der Waals surface area contributed by atoms with Crippen molar-refractivity contribution in [2.24, 2.45) is 0 Å². The number of aromatic nitrogens is 2. The van der Waals surface area contributed by atoms with Crippen LogP contribution in [0.25, 0.3) is 15.9 Å². The van der Waals surface area contributed by atoms with Crippen LogP contribution in [0, 0.1) is 6.57 Å². The van der Waals surface area contributed by atoms with Gasteiger partial charge in [0.1, 0.15) is 17.1 Å². The molecule has 0 spiro atoms. The molecule has 1 aliphatic rings. The average molecular weight is 469 g/mol. The zero-order chi connectivity index (χ0) is 24.2. The van der Waals surface area contributed by atoms with Crippen LogP contribution < -0.4 is 10.1 Å². The lowest BCUT2D eigenvalue weighted by Gasteiger charge is -2.29. The third-order valence-electron chi connectivity index (χ3n) is 6.06. The summed E-state index contributed by atoms with van der Waals surface area (Å²) in [6.07, 6.45) is 4.78. The van der Waals surface area contributed by atoms with E-state index in [4.69, 9.17) is 16.0 Å². The van der Waals surface area contributed by atoms with Crippen LogP contribution in [0.2, 0.25) is 0 Å². The van der Waals surface area contributed by atoms with Crippen molar-refractivity contribution < 1.29 is 19.4 Å². The Balaban J connectivity index is 1.43. The first-order chi connectivity index (χ1) is 17.2. The topological polar surface area (TPSA) is 101 Å². The van der Waals surface area contributed by atoms with Gasteiger partial charge in [0.25, 0.3) is 0 Å². The second-order valence-electron chi connectivity index (χ2n) is 8.38. The van der Waals surface area contributed by atoms with Crippen molar-refractivity contribution in [1.29, 1.82) is 0 Å². The fourth-order valence-corrected chi connectivity index (χ4v) is 4.27. The van der Waals surface area contributed by atoms with Crippen molar-refractivity contribution in [3.05, 3.63) is 89.5 Å². The predicted molar refractivity (Wildman–Crippen MR) is 132 cm³/mol. The second-order valence-corrected chi connectivity index (χ2v) is 8.38. The summed E-state index contributed by atoms with van der Waals surface area (Å²) in [4.78, 5) is 24.6. The number of benzene rings is 2. The molecule has 0 saturated carbocycles. The quantitative estimate of drug-likeness (QED) is 0.258. The van der Waals surface area contributed by atoms with E-state index in [1.807, 2.05) is 36.4 Å². The van der Waals surface area contributed by atoms with Crippen molar-refractivity contribution in [3.8, 4) is 11.5 Å². The van der Waals surface area contributed by atoms with E-state index in [2.05, 4.69) is 20.1 Å². The van der Waals surface area contributed by atoms with Crippen molar-refractivity contribution >= 4 is 28.2 Å². The molecule has 2 aromatic heterocycles. The number of ether oxygens (including phenoxy) is 2. The molecule has 5 rings (SSSR count). The van der Waals surface area contributed by atoms with Crippen LogP contribution in [0.4, 0.5) is 11.4 Å². The molecule has 2 atom stereocenters. The van der Waals surface area contributed by atoms with E-state index in [0.717, 1.165) is 18.5 Å². The maximum Gasteiger partial charge on any atom is 0.201 e. The van der Waals surface area contributed by atoms with Crippen LogP contribution >= 0.6 is 0 Å². The fourth-order valence-electron chi connectivity index (χ4n) is 4.27. The number of anilines is 1. The number of hydrogen-bond acceptors (Lipinski definition) is 6. The molecular weight excluding hydrogens is 444 g/mol. The Labute approximate surface area is 202 Å². The zero-order valence-electron chi connectivity index (χ0n) is 18.9. The van der Waals surface area contributed by atoms with Crippen molar-refractivity contribution in [3.63, 3.8) is 0 Å². The molecule has 0 unspecified atom stereocenters. The van der Waals surface area contributed by atoms with Gasteiger partial charge in [0.2, 0.25) is 5.69 Å². The van der Waals surface area contributed by atoms with Crippen LogP contribution in [0.3, 0.4) is 0 Å². The maximum absolute atomic E-state index is 13.6. The van der Waals surface area contributed by atoms with Gasteiger partial charge in [-0.1, -0.05) is 24.3 Å². The maximum atomic E-state index is 13.6. The van der Waals surface area contributed by atoms with E-state index >= 15 is 0 Å². The molecular formula is C27H24N4O4. The molecule has 2 aromatic carbocycles. The smallest absolute Gasteiger partial charge is 0.201 e. The van der Waals surface area contributed by atoms with Gasteiger partial charge >= 0.3 is 0 Å². The number of rotatable bonds is 7. The minimum atomic E-state index is -0.273. The predicted octanol–water partition coefficient (Wildman–Crippen LogP) is 5.09. The number of carbonyl (C=O) groups is 1. The van der Waals surface area contributed by atoms with Gasteiger partial charge in [-0.3, -0.25) is 4.79 Å². The van der Waals surface area contributed by atoms with Crippen LogP contribution in [-0.2, 0) is 4.74 Å². The number of aliphatic hydroxyl groups is 1. The lowest BCUT2D eigenvalue weighted by molar-refractivity contribution is -0.0223. The van der Waals surface area contributed by atoms with Gasteiger partial charge < -0.3 is 24.9 Å². The molecule has 176 valence electrons. The number of nitrogens with zero attached hydrogens (tertiary/aromatic N) is 2. The normalized spacial score (nSPS) is 17.6. The molecule has 35 heavy (non-hydrogen) atoms. The van der Waals surface area contributed by atoms with Gasteiger partial charge in [0.15, 0.2) is 5.78 Å². The molecule has 0 bridgehead atoms. The SMILES string of the molecule is [C-]#[N+]c1cc(Oc2ccccc2)ccc1C(=O)c1c[nH]c2nccc(N[C@@H]3CC[C@@H](CO)OC3)c12. The monoisotopic (exact) mass is 468 g/mol. The second kappa shape index (κ2) is 9.97. The summed E-state index contributed by atoms with van der Waals surface area (Å²) >= 11 is 0. The summed E-state index contributed by atoms with van der Waals surface area (Å²) in [5.74, 6) is 0.864. The fraction of sp³-hybridized carbons (Fsp3) is 0.222. The largest absolute Gasteiger partial charge is 0.459 e. The van der Waals surface area contributed by atoms with Crippen LogP contribution in [0.5, 0.6) is 11.5 Å². The summed E-state index contributed by atoms with van der Waals surface area (Å²) in [5, 5.41) is 13.4. The zero-order valence-corrected chi connectivity index (χ0v) is 18.9. The number of nitrogens with one attached hydrogen (secondary N) is 2. The Morgan fingerprint density at radius 1 is 1.17 bits per heavy atom. The summed E-state index contributed by atoms with van der Waals surface area (Å²) in [6.45, 7) is 8.12. The number of aromatic amines is 1. The minimum Gasteiger partial charge on any atom is -0.459 e. The highest BCUT2D eigenvalue weighted by Crippen LogP contribution is 2.34. The minimum absolute atomic E-state index is 0.0151. The van der Waals surface area contributed by atoms with Gasteiger partial charge in [-0.05, 0) is 43.2 Å². The van der Waals surface area contributed by atoms with Gasteiger partial charge in [-0.25, -0.2) is 9.83 Å². The molecule has 0 radical (unpaired) electrons. The lowest BCUT2D eigenvalue weighted by Crippen LogP contribution is -2.36. The van der Waals surface area contributed by atoms with Crippen molar-refractivity contribution in [2.45, 2.75) is 25.0 Å². The highest BCUT2D eigenvalue weighted by atomic mass is 16.5. The van der Waals surface area contributed by atoms with E-state index in [0.29, 0.717) is 40.3 Å². The van der Waals surface area contributed by atoms with Crippen LogP contribution in [0.15, 0.2) is 67.0 Å². The number of fused-ring (bicyclic) bond motifs is 1. The van der Waals surface area contributed by atoms with E-state index < -0.39 is 0 Å². The van der Waals surface area contributed by atoms with Crippen LogP contribution in [0.1, 0.15) is 28.8 Å².